The van der Waals surface area contributed by atoms with Crippen molar-refractivity contribution in [1.82, 2.24) is 4.90 Å². The van der Waals surface area contributed by atoms with Gasteiger partial charge in [0.15, 0.2) is 0 Å². The molecule has 1 atom stereocenters. The molecule has 1 unspecified atom stereocenters. The summed E-state index contributed by atoms with van der Waals surface area (Å²) < 4.78 is 11.3. The smallest absolute Gasteiger partial charge is 0.410 e. The minimum atomic E-state index is -0.496. The lowest BCUT2D eigenvalue weighted by Gasteiger charge is -2.33. The minimum Gasteiger partial charge on any atom is -0.444 e. The van der Waals surface area contributed by atoms with Gasteiger partial charge < -0.3 is 20.1 Å². The summed E-state index contributed by atoms with van der Waals surface area (Å²) in [4.78, 5) is 14.2. The average molecular weight is 300 g/mol. The van der Waals surface area contributed by atoms with Crippen LogP contribution in [-0.2, 0) is 9.47 Å². The summed E-state index contributed by atoms with van der Waals surface area (Å²) in [5, 5.41) is 0. The standard InChI is InChI=1S/C16H32N2O3/c1-12(2)8-9-18(15(19)21-16(3,4)5)13(10-17)11-20-14-6-7-14/h12-14H,6-11,17H2,1-5H3. The van der Waals surface area contributed by atoms with Crippen LogP contribution in [0.15, 0.2) is 0 Å². The molecule has 0 radical (unpaired) electrons. The fourth-order valence-electron chi connectivity index (χ4n) is 1.91. The van der Waals surface area contributed by atoms with Crippen LogP contribution in [-0.4, -0.2) is 48.4 Å². The largest absolute Gasteiger partial charge is 0.444 e. The van der Waals surface area contributed by atoms with Crippen molar-refractivity contribution in [1.29, 1.82) is 0 Å². The monoisotopic (exact) mass is 300 g/mol. The zero-order chi connectivity index (χ0) is 16.0. The van der Waals surface area contributed by atoms with Crippen molar-refractivity contribution in [2.45, 2.75) is 71.6 Å². The van der Waals surface area contributed by atoms with Gasteiger partial charge in [-0.1, -0.05) is 13.8 Å². The molecule has 5 nitrogen and oxygen atoms in total. The van der Waals surface area contributed by atoms with Gasteiger partial charge in [0, 0.05) is 13.1 Å². The zero-order valence-electron chi connectivity index (χ0n) is 14.2. The first kappa shape index (κ1) is 18.2. The Hall–Kier alpha value is -0.810. The van der Waals surface area contributed by atoms with Crippen LogP contribution in [0.1, 0.15) is 53.9 Å². The predicted molar refractivity (Wildman–Crippen MR) is 84.2 cm³/mol. The molecule has 0 saturated heterocycles. The molecular formula is C16H32N2O3. The Labute approximate surface area is 129 Å². The molecule has 1 rings (SSSR count). The first-order valence-corrected chi connectivity index (χ1v) is 8.04. The van der Waals surface area contributed by atoms with Gasteiger partial charge in [0.05, 0.1) is 18.8 Å². The Kier molecular flexibility index (Phi) is 6.94. The molecule has 0 heterocycles. The van der Waals surface area contributed by atoms with Gasteiger partial charge in [-0.25, -0.2) is 4.79 Å². The molecule has 0 spiro atoms. The molecule has 1 amide bonds. The number of ether oxygens (including phenoxy) is 2. The average Bonchev–Trinajstić information content (AvgIpc) is 3.14. The van der Waals surface area contributed by atoms with E-state index in [0.717, 1.165) is 19.3 Å². The van der Waals surface area contributed by atoms with Gasteiger partial charge in [-0.2, -0.15) is 0 Å². The van der Waals surface area contributed by atoms with Gasteiger partial charge >= 0.3 is 6.09 Å². The van der Waals surface area contributed by atoms with Gasteiger partial charge in [0.1, 0.15) is 5.60 Å². The number of nitrogens with zero attached hydrogens (tertiary/aromatic N) is 1. The van der Waals surface area contributed by atoms with Crippen LogP contribution in [0.2, 0.25) is 0 Å². The highest BCUT2D eigenvalue weighted by atomic mass is 16.6. The van der Waals surface area contributed by atoms with Crippen LogP contribution >= 0.6 is 0 Å². The number of amides is 1. The van der Waals surface area contributed by atoms with Crippen molar-refractivity contribution in [3.05, 3.63) is 0 Å². The second-order valence-corrected chi connectivity index (χ2v) is 7.28. The van der Waals surface area contributed by atoms with Crippen molar-refractivity contribution in [3.63, 3.8) is 0 Å². The Morgan fingerprint density at radius 1 is 1.33 bits per heavy atom. The summed E-state index contributed by atoms with van der Waals surface area (Å²) in [6.07, 6.45) is 3.24. The fourth-order valence-corrected chi connectivity index (χ4v) is 1.91. The third-order valence-corrected chi connectivity index (χ3v) is 3.34. The predicted octanol–water partition coefficient (Wildman–Crippen LogP) is 2.78. The lowest BCUT2D eigenvalue weighted by molar-refractivity contribution is -0.000810. The van der Waals surface area contributed by atoms with Crippen LogP contribution < -0.4 is 5.73 Å². The SMILES string of the molecule is CC(C)CCN(C(=O)OC(C)(C)C)C(CN)COC1CC1. The van der Waals surface area contributed by atoms with E-state index in [-0.39, 0.29) is 12.1 Å². The number of carbonyl (C=O) groups excluding carboxylic acids is 1. The second-order valence-electron chi connectivity index (χ2n) is 7.28. The summed E-state index contributed by atoms with van der Waals surface area (Å²) in [6.45, 7) is 11.5. The summed E-state index contributed by atoms with van der Waals surface area (Å²) >= 11 is 0. The molecule has 0 aromatic carbocycles. The van der Waals surface area contributed by atoms with Crippen molar-refractivity contribution < 1.29 is 14.3 Å². The number of rotatable bonds is 8. The summed E-state index contributed by atoms with van der Waals surface area (Å²) in [7, 11) is 0. The van der Waals surface area contributed by atoms with Crippen LogP contribution in [0, 0.1) is 5.92 Å². The van der Waals surface area contributed by atoms with Crippen molar-refractivity contribution >= 4 is 6.09 Å². The number of nitrogens with two attached hydrogens (primary N) is 1. The first-order valence-electron chi connectivity index (χ1n) is 8.04. The van der Waals surface area contributed by atoms with Gasteiger partial charge in [-0.15, -0.1) is 0 Å². The maximum absolute atomic E-state index is 12.4. The molecule has 0 aromatic heterocycles. The molecule has 21 heavy (non-hydrogen) atoms. The molecule has 124 valence electrons. The van der Waals surface area contributed by atoms with E-state index in [2.05, 4.69) is 13.8 Å². The number of carbonyl (C=O) groups is 1. The molecule has 2 N–H and O–H groups in total. The zero-order valence-corrected chi connectivity index (χ0v) is 14.2. The lowest BCUT2D eigenvalue weighted by atomic mass is 10.1. The maximum Gasteiger partial charge on any atom is 0.410 e. The molecule has 5 heteroatoms. The lowest BCUT2D eigenvalue weighted by Crippen LogP contribution is -2.49. The molecule has 0 bridgehead atoms. The highest BCUT2D eigenvalue weighted by Crippen LogP contribution is 2.24. The third kappa shape index (κ3) is 7.67. The third-order valence-electron chi connectivity index (χ3n) is 3.34. The van der Waals surface area contributed by atoms with Crippen molar-refractivity contribution in [2.75, 3.05) is 19.7 Å². The van der Waals surface area contributed by atoms with Crippen LogP contribution in [0.4, 0.5) is 4.79 Å². The van der Waals surface area contributed by atoms with Crippen LogP contribution in [0.3, 0.4) is 0 Å². The first-order chi connectivity index (χ1) is 9.73. The molecule has 0 aliphatic heterocycles. The van der Waals surface area contributed by atoms with Crippen LogP contribution in [0.25, 0.3) is 0 Å². The van der Waals surface area contributed by atoms with Gasteiger partial charge in [0.2, 0.25) is 0 Å². The fraction of sp³-hybridized carbons (Fsp3) is 0.938. The molecule has 1 saturated carbocycles. The molecule has 1 fully saturated rings. The van der Waals surface area contributed by atoms with Gasteiger partial charge in [-0.05, 0) is 46.0 Å². The van der Waals surface area contributed by atoms with E-state index in [1.807, 2.05) is 20.8 Å². The highest BCUT2D eigenvalue weighted by Gasteiger charge is 2.30. The maximum atomic E-state index is 12.4. The van der Waals surface area contributed by atoms with Gasteiger partial charge in [-0.3, -0.25) is 0 Å². The van der Waals surface area contributed by atoms with E-state index < -0.39 is 5.60 Å². The topological polar surface area (TPSA) is 64.8 Å². The molecule has 0 aromatic rings. The Morgan fingerprint density at radius 3 is 2.38 bits per heavy atom. The molecular weight excluding hydrogens is 268 g/mol. The van der Waals surface area contributed by atoms with E-state index in [4.69, 9.17) is 15.2 Å². The Bertz CT molecular complexity index is 322. The van der Waals surface area contributed by atoms with E-state index in [1.165, 1.54) is 0 Å². The summed E-state index contributed by atoms with van der Waals surface area (Å²) in [6, 6.07) is -0.112. The van der Waals surface area contributed by atoms with E-state index >= 15 is 0 Å². The van der Waals surface area contributed by atoms with Crippen LogP contribution in [0.5, 0.6) is 0 Å². The number of hydrogen-bond acceptors (Lipinski definition) is 4. The van der Waals surface area contributed by atoms with Crippen molar-refractivity contribution in [3.8, 4) is 0 Å². The molecule has 1 aliphatic carbocycles. The Morgan fingerprint density at radius 2 is 1.95 bits per heavy atom. The summed E-state index contributed by atoms with van der Waals surface area (Å²) in [5.41, 5.74) is 5.36. The highest BCUT2D eigenvalue weighted by molar-refractivity contribution is 5.68. The summed E-state index contributed by atoms with van der Waals surface area (Å²) in [5.74, 6) is 0.526. The van der Waals surface area contributed by atoms with Crippen molar-refractivity contribution in [2.24, 2.45) is 11.7 Å². The number of hydrogen-bond donors (Lipinski definition) is 1. The second kappa shape index (κ2) is 7.99. The minimum absolute atomic E-state index is 0.112. The van der Waals surface area contributed by atoms with E-state index in [0.29, 0.717) is 31.7 Å². The Balaban J connectivity index is 2.64. The van der Waals surface area contributed by atoms with E-state index in [9.17, 15) is 4.79 Å². The quantitative estimate of drug-likeness (QED) is 0.748. The molecule has 1 aliphatic rings. The normalized spacial score (nSPS) is 16.9. The van der Waals surface area contributed by atoms with Gasteiger partial charge in [0.25, 0.3) is 0 Å². The van der Waals surface area contributed by atoms with E-state index in [1.54, 1.807) is 4.90 Å².